The second-order valence-electron chi connectivity index (χ2n) is 8.92. The van der Waals surface area contributed by atoms with Crippen molar-refractivity contribution in [2.75, 3.05) is 0 Å². The normalized spacial score (nSPS) is 21.0. The molecule has 0 aromatic heterocycles. The number of amides is 2. The summed E-state index contributed by atoms with van der Waals surface area (Å²) in [5.74, 6) is -2.32. The van der Waals surface area contributed by atoms with E-state index in [1.54, 1.807) is 20.8 Å². The van der Waals surface area contributed by atoms with Crippen LogP contribution in [0.25, 0.3) is 0 Å². The molecule has 0 spiro atoms. The molecule has 1 saturated heterocycles. The van der Waals surface area contributed by atoms with Gasteiger partial charge in [-0.2, -0.15) is 0 Å². The van der Waals surface area contributed by atoms with E-state index in [1.807, 2.05) is 20.8 Å². The highest BCUT2D eigenvalue weighted by Crippen LogP contribution is 2.27. The van der Waals surface area contributed by atoms with Gasteiger partial charge in [-0.3, -0.25) is 9.69 Å². The summed E-state index contributed by atoms with van der Waals surface area (Å²) in [6, 6.07) is 3.31. The number of guanidine groups is 1. The maximum atomic E-state index is 13.9. The molecule has 1 aromatic carbocycles. The third-order valence-corrected chi connectivity index (χ3v) is 4.88. The van der Waals surface area contributed by atoms with E-state index in [4.69, 9.17) is 9.84 Å². The van der Waals surface area contributed by atoms with Crippen LogP contribution in [0.5, 0.6) is 0 Å². The summed E-state index contributed by atoms with van der Waals surface area (Å²) in [6.45, 7) is 10.7. The largest absolute Gasteiger partial charge is 0.478 e. The number of ether oxygens (including phenoxy) is 1. The molecule has 30 heavy (non-hydrogen) atoms. The number of nitrogens with zero attached hydrogens (tertiary/aromatic N) is 2. The van der Waals surface area contributed by atoms with Crippen molar-refractivity contribution in [2.24, 2.45) is 10.9 Å². The predicted molar refractivity (Wildman–Crippen MR) is 109 cm³/mol. The van der Waals surface area contributed by atoms with Crippen LogP contribution in [0.2, 0.25) is 0 Å². The number of aliphatic imine (C=N–C) groups is 1. The Morgan fingerprint density at radius 1 is 1.33 bits per heavy atom. The minimum Gasteiger partial charge on any atom is -0.478 e. The van der Waals surface area contributed by atoms with Crippen molar-refractivity contribution in [1.82, 2.24) is 10.2 Å². The number of benzene rings is 1. The maximum absolute atomic E-state index is 13.9. The molecule has 2 N–H and O–H groups in total. The lowest BCUT2D eigenvalue weighted by Gasteiger charge is -2.43. The molecule has 8 nitrogen and oxygen atoms in total. The second-order valence-corrected chi connectivity index (χ2v) is 8.92. The van der Waals surface area contributed by atoms with Crippen molar-refractivity contribution in [2.45, 2.75) is 65.6 Å². The van der Waals surface area contributed by atoms with Crippen LogP contribution >= 0.6 is 0 Å². The smallest absolute Gasteiger partial charge is 0.437 e. The highest BCUT2D eigenvalue weighted by Gasteiger charge is 2.41. The SMILES string of the molecule is CC(C)[C@]1(C)CC(=O)N(Cc2cc(F)cc(C(=O)O)c2)/C(=N/C(=O)OC(C)(C)C)N1. The first-order chi connectivity index (χ1) is 13.7. The molecule has 164 valence electrons. The first kappa shape index (κ1) is 23.3. The zero-order chi connectivity index (χ0) is 22.9. The Balaban J connectivity index is 2.43. The molecule has 1 heterocycles. The van der Waals surface area contributed by atoms with Gasteiger partial charge in [0.25, 0.3) is 0 Å². The number of carboxylic acid groups (broad SMARTS) is 1. The van der Waals surface area contributed by atoms with E-state index in [9.17, 15) is 18.8 Å². The van der Waals surface area contributed by atoms with Gasteiger partial charge >= 0.3 is 12.1 Å². The van der Waals surface area contributed by atoms with Crippen molar-refractivity contribution >= 4 is 23.9 Å². The summed E-state index contributed by atoms with van der Waals surface area (Å²) < 4.78 is 19.1. The van der Waals surface area contributed by atoms with E-state index in [-0.39, 0.29) is 41.9 Å². The predicted octanol–water partition coefficient (Wildman–Crippen LogP) is 3.55. The average molecular weight is 421 g/mol. The lowest BCUT2D eigenvalue weighted by Crippen LogP contribution is -2.63. The topological polar surface area (TPSA) is 108 Å². The van der Waals surface area contributed by atoms with Gasteiger partial charge in [0.2, 0.25) is 11.9 Å². The Morgan fingerprint density at radius 2 is 1.97 bits per heavy atom. The minimum atomic E-state index is -1.28. The fourth-order valence-corrected chi connectivity index (χ4v) is 2.91. The van der Waals surface area contributed by atoms with Crippen LogP contribution in [0.15, 0.2) is 23.2 Å². The molecule has 0 saturated carbocycles. The van der Waals surface area contributed by atoms with Gasteiger partial charge in [-0.1, -0.05) is 13.8 Å². The van der Waals surface area contributed by atoms with Gasteiger partial charge in [0, 0.05) is 5.54 Å². The molecule has 9 heteroatoms. The van der Waals surface area contributed by atoms with Gasteiger partial charge in [-0.15, -0.1) is 4.99 Å². The van der Waals surface area contributed by atoms with Crippen molar-refractivity contribution in [3.63, 3.8) is 0 Å². The van der Waals surface area contributed by atoms with Crippen molar-refractivity contribution in [1.29, 1.82) is 0 Å². The number of nitrogens with one attached hydrogen (secondary N) is 1. The summed E-state index contributed by atoms with van der Waals surface area (Å²) in [4.78, 5) is 41.6. The summed E-state index contributed by atoms with van der Waals surface area (Å²) in [5, 5.41) is 12.3. The molecular weight excluding hydrogens is 393 g/mol. The highest BCUT2D eigenvalue weighted by atomic mass is 19.1. The molecule has 1 fully saturated rings. The summed E-state index contributed by atoms with van der Waals surface area (Å²) >= 11 is 0. The molecule has 0 radical (unpaired) electrons. The fraction of sp³-hybridized carbons (Fsp3) is 0.524. The first-order valence-corrected chi connectivity index (χ1v) is 9.63. The summed E-state index contributed by atoms with van der Waals surface area (Å²) in [5.41, 5.74) is -1.40. The Kier molecular flexibility index (Phi) is 6.54. The van der Waals surface area contributed by atoms with E-state index in [0.29, 0.717) is 0 Å². The Hall–Kier alpha value is -2.97. The van der Waals surface area contributed by atoms with E-state index in [0.717, 1.165) is 12.1 Å². The third-order valence-electron chi connectivity index (χ3n) is 4.88. The minimum absolute atomic E-state index is 0.0159. The van der Waals surface area contributed by atoms with Crippen LogP contribution < -0.4 is 5.32 Å². The maximum Gasteiger partial charge on any atom is 0.437 e. The molecule has 1 atom stereocenters. The van der Waals surface area contributed by atoms with Crippen LogP contribution in [-0.2, 0) is 16.1 Å². The van der Waals surface area contributed by atoms with Crippen LogP contribution in [0.4, 0.5) is 9.18 Å². The number of hydrogen-bond acceptors (Lipinski definition) is 4. The number of carbonyl (C=O) groups is 3. The average Bonchev–Trinajstić information content (AvgIpc) is 2.55. The summed E-state index contributed by atoms with van der Waals surface area (Å²) in [6.07, 6.45) is -0.750. The lowest BCUT2D eigenvalue weighted by atomic mass is 9.83. The van der Waals surface area contributed by atoms with Gasteiger partial charge in [0.15, 0.2) is 0 Å². The summed E-state index contributed by atoms with van der Waals surface area (Å²) in [7, 11) is 0. The van der Waals surface area contributed by atoms with Crippen LogP contribution in [0, 0.1) is 11.7 Å². The number of aromatic carboxylic acids is 1. The van der Waals surface area contributed by atoms with E-state index >= 15 is 0 Å². The number of rotatable bonds is 4. The standard InChI is InChI=1S/C21H28FN3O5/c1-12(2)21(6)10-16(26)25(18(24-21)23-19(29)30-20(3,4)5)11-13-7-14(17(27)28)9-15(22)8-13/h7-9,12H,10-11H2,1-6H3,(H,27,28)(H,23,24,29)/t21-/m0/s1. The Labute approximate surface area is 175 Å². The van der Waals surface area contributed by atoms with E-state index < -0.39 is 29.0 Å². The number of halogens is 1. The lowest BCUT2D eigenvalue weighted by molar-refractivity contribution is -0.131. The molecule has 1 aromatic rings. The monoisotopic (exact) mass is 421 g/mol. The zero-order valence-electron chi connectivity index (χ0n) is 18.1. The molecule has 0 bridgehead atoms. The number of carboxylic acids is 1. The number of carbonyl (C=O) groups excluding carboxylic acids is 2. The molecule has 0 aliphatic carbocycles. The van der Waals surface area contributed by atoms with Gasteiger partial charge in [-0.05, 0) is 57.4 Å². The third kappa shape index (κ3) is 5.77. The zero-order valence-corrected chi connectivity index (χ0v) is 18.1. The van der Waals surface area contributed by atoms with Crippen molar-refractivity contribution in [3.8, 4) is 0 Å². The molecule has 2 rings (SSSR count). The number of hydrogen-bond donors (Lipinski definition) is 2. The van der Waals surface area contributed by atoms with Gasteiger partial charge in [0.1, 0.15) is 11.4 Å². The molecule has 1 aliphatic heterocycles. The van der Waals surface area contributed by atoms with Crippen LogP contribution in [0.1, 0.15) is 63.9 Å². The quantitative estimate of drug-likeness (QED) is 0.770. The first-order valence-electron chi connectivity index (χ1n) is 9.63. The van der Waals surface area contributed by atoms with Crippen molar-refractivity contribution < 1.29 is 28.6 Å². The fourth-order valence-electron chi connectivity index (χ4n) is 2.91. The van der Waals surface area contributed by atoms with Gasteiger partial charge in [-0.25, -0.2) is 14.0 Å². The van der Waals surface area contributed by atoms with E-state index in [1.165, 1.54) is 11.0 Å². The molecule has 2 amide bonds. The van der Waals surface area contributed by atoms with Crippen LogP contribution in [-0.4, -0.2) is 45.1 Å². The highest BCUT2D eigenvalue weighted by molar-refractivity contribution is 6.03. The molecular formula is C21H28FN3O5. The van der Waals surface area contributed by atoms with Crippen molar-refractivity contribution in [3.05, 3.63) is 35.1 Å². The van der Waals surface area contributed by atoms with E-state index in [2.05, 4.69) is 10.3 Å². The second kappa shape index (κ2) is 8.41. The Bertz CT molecular complexity index is 891. The van der Waals surface area contributed by atoms with Gasteiger partial charge in [0.05, 0.1) is 18.5 Å². The van der Waals surface area contributed by atoms with Gasteiger partial charge < -0.3 is 15.2 Å². The Morgan fingerprint density at radius 3 is 2.50 bits per heavy atom. The van der Waals surface area contributed by atoms with Crippen LogP contribution in [0.3, 0.4) is 0 Å². The molecule has 0 unspecified atom stereocenters. The molecule has 1 aliphatic rings.